The lowest BCUT2D eigenvalue weighted by atomic mass is 9.77. The van der Waals surface area contributed by atoms with Gasteiger partial charge in [-0.3, -0.25) is 33.9 Å². The van der Waals surface area contributed by atoms with Gasteiger partial charge in [0.25, 0.3) is 17.7 Å². The third-order valence-electron chi connectivity index (χ3n) is 10.4. The molecule has 1 N–H and O–H groups in total. The molecule has 0 bridgehead atoms. The Morgan fingerprint density at radius 2 is 1.72 bits per heavy atom. The average Bonchev–Trinajstić information content (AvgIpc) is 3.90. The van der Waals surface area contributed by atoms with Gasteiger partial charge < -0.3 is 24.6 Å². The second kappa shape index (κ2) is 14.7. The van der Waals surface area contributed by atoms with Crippen LogP contribution in [0.5, 0.6) is 5.75 Å². The number of imide groups is 1. The molecule has 2 fully saturated rings. The van der Waals surface area contributed by atoms with E-state index in [2.05, 4.69) is 10.3 Å². The van der Waals surface area contributed by atoms with Crippen LogP contribution >= 0.6 is 11.3 Å². The largest absolute Gasteiger partial charge is 0.488 e. The number of likely N-dealkylation sites (tertiary alicyclic amines) is 1. The highest BCUT2D eigenvalue weighted by Gasteiger charge is 2.45. The van der Waals surface area contributed by atoms with Crippen LogP contribution in [0.15, 0.2) is 54.2 Å². The molecule has 4 heterocycles. The first-order chi connectivity index (χ1) is 24.4. The van der Waals surface area contributed by atoms with Crippen molar-refractivity contribution in [3.05, 3.63) is 81.3 Å². The minimum Gasteiger partial charge on any atom is -0.488 e. The number of hydrogen-bond donors (Lipinski definition) is 1. The van der Waals surface area contributed by atoms with Crippen molar-refractivity contribution in [2.75, 3.05) is 46.4 Å². The number of hydrogen-bond acceptors (Lipinski definition) is 9. The molecule has 1 saturated carbocycles. The molecule has 1 saturated heterocycles. The first-order valence-electron chi connectivity index (χ1n) is 17.3. The quantitative estimate of drug-likeness (QED) is 0.250. The van der Waals surface area contributed by atoms with E-state index in [1.807, 2.05) is 18.2 Å². The van der Waals surface area contributed by atoms with Gasteiger partial charge in [0.05, 0.1) is 48.6 Å². The van der Waals surface area contributed by atoms with Gasteiger partial charge in [-0.2, -0.15) is 0 Å². The van der Waals surface area contributed by atoms with E-state index in [4.69, 9.17) is 9.47 Å². The van der Waals surface area contributed by atoms with Crippen molar-refractivity contribution in [1.82, 2.24) is 25.0 Å². The highest BCUT2D eigenvalue weighted by molar-refractivity contribution is 7.11. The van der Waals surface area contributed by atoms with E-state index >= 15 is 0 Å². The number of thiazole rings is 1. The van der Waals surface area contributed by atoms with Crippen LogP contribution < -0.4 is 10.1 Å². The SMILES string of the molecule is COCCNC(=O)C1CCCCC1C(=O)N1CCc2cccc(OC3CCN(C(=O)c4cncs4)C3)c2[C@H]1CN1C(=O)c2ccccc2C1=O. The van der Waals surface area contributed by atoms with Crippen molar-refractivity contribution in [1.29, 1.82) is 0 Å². The van der Waals surface area contributed by atoms with Gasteiger partial charge in [-0.1, -0.05) is 37.1 Å². The summed E-state index contributed by atoms with van der Waals surface area (Å²) in [6, 6.07) is 11.9. The number of aromatic nitrogens is 1. The summed E-state index contributed by atoms with van der Waals surface area (Å²) in [5.41, 5.74) is 4.05. The van der Waals surface area contributed by atoms with E-state index < -0.39 is 29.7 Å². The summed E-state index contributed by atoms with van der Waals surface area (Å²) < 4.78 is 11.8. The van der Waals surface area contributed by atoms with Gasteiger partial charge in [0.1, 0.15) is 16.7 Å². The van der Waals surface area contributed by atoms with E-state index in [0.717, 1.165) is 24.0 Å². The number of carbonyl (C=O) groups is 5. The second-order valence-corrected chi connectivity index (χ2v) is 14.2. The molecule has 2 aromatic carbocycles. The third-order valence-corrected chi connectivity index (χ3v) is 11.2. The normalized spacial score (nSPS) is 23.1. The molecule has 0 spiro atoms. The number of nitrogens with one attached hydrogen (secondary N) is 1. The molecule has 50 heavy (non-hydrogen) atoms. The lowest BCUT2D eigenvalue weighted by Crippen LogP contribution is -2.51. The summed E-state index contributed by atoms with van der Waals surface area (Å²) >= 11 is 1.30. The predicted molar refractivity (Wildman–Crippen MR) is 184 cm³/mol. The van der Waals surface area contributed by atoms with Gasteiger partial charge in [-0.05, 0) is 43.0 Å². The van der Waals surface area contributed by atoms with Gasteiger partial charge in [0.2, 0.25) is 11.8 Å². The Balaban J connectivity index is 1.19. The van der Waals surface area contributed by atoms with Crippen molar-refractivity contribution in [3.8, 4) is 5.75 Å². The molecule has 1 aliphatic carbocycles. The van der Waals surface area contributed by atoms with Crippen LogP contribution in [0.2, 0.25) is 0 Å². The highest BCUT2D eigenvalue weighted by Crippen LogP contribution is 2.42. The highest BCUT2D eigenvalue weighted by atomic mass is 32.1. The van der Waals surface area contributed by atoms with Gasteiger partial charge in [-0.15, -0.1) is 11.3 Å². The van der Waals surface area contributed by atoms with Crippen LogP contribution in [0.25, 0.3) is 0 Å². The number of rotatable bonds is 10. The van der Waals surface area contributed by atoms with Crippen molar-refractivity contribution in [2.45, 2.75) is 50.7 Å². The lowest BCUT2D eigenvalue weighted by molar-refractivity contribution is -0.146. The number of ether oxygens (including phenoxy) is 2. The number of fused-ring (bicyclic) bond motifs is 2. The summed E-state index contributed by atoms with van der Waals surface area (Å²) in [4.78, 5) is 77.8. The molecule has 7 rings (SSSR count). The average molecular weight is 700 g/mol. The number of nitrogens with zero attached hydrogens (tertiary/aromatic N) is 4. The maximum atomic E-state index is 14.7. The Kier molecular flexibility index (Phi) is 9.95. The van der Waals surface area contributed by atoms with Crippen LogP contribution in [0.4, 0.5) is 0 Å². The summed E-state index contributed by atoms with van der Waals surface area (Å²) in [6.45, 7) is 2.00. The summed E-state index contributed by atoms with van der Waals surface area (Å²) in [7, 11) is 1.57. The van der Waals surface area contributed by atoms with Crippen LogP contribution in [0.3, 0.4) is 0 Å². The minimum absolute atomic E-state index is 0.0520. The molecule has 1 aromatic heterocycles. The number of benzene rings is 2. The fraction of sp³-hybridized carbons (Fsp3) is 0.459. The van der Waals surface area contributed by atoms with Crippen molar-refractivity contribution in [2.24, 2.45) is 11.8 Å². The zero-order chi connectivity index (χ0) is 34.8. The summed E-state index contributed by atoms with van der Waals surface area (Å²) in [6.07, 6.45) is 5.33. The molecule has 3 unspecified atom stereocenters. The summed E-state index contributed by atoms with van der Waals surface area (Å²) in [5, 5.41) is 2.94. The van der Waals surface area contributed by atoms with Crippen LogP contribution in [-0.4, -0.2) is 102 Å². The third kappa shape index (κ3) is 6.51. The van der Waals surface area contributed by atoms with Gasteiger partial charge in [0.15, 0.2) is 0 Å². The topological polar surface area (TPSA) is 138 Å². The van der Waals surface area contributed by atoms with E-state index in [1.165, 1.54) is 16.2 Å². The fourth-order valence-electron chi connectivity index (χ4n) is 7.90. The van der Waals surface area contributed by atoms with Gasteiger partial charge >= 0.3 is 0 Å². The van der Waals surface area contributed by atoms with E-state index in [-0.39, 0.29) is 30.4 Å². The molecular weight excluding hydrogens is 659 g/mol. The zero-order valence-electron chi connectivity index (χ0n) is 28.0. The molecule has 4 aliphatic rings. The summed E-state index contributed by atoms with van der Waals surface area (Å²) in [5.74, 6) is -1.64. The van der Waals surface area contributed by atoms with E-state index in [9.17, 15) is 24.0 Å². The van der Waals surface area contributed by atoms with Crippen molar-refractivity contribution >= 4 is 40.9 Å². The lowest BCUT2D eigenvalue weighted by Gasteiger charge is -2.43. The molecular formula is C37H41N5O7S. The number of methoxy groups -OCH3 is 1. The zero-order valence-corrected chi connectivity index (χ0v) is 28.9. The molecule has 0 radical (unpaired) electrons. The Labute approximate surface area is 294 Å². The molecule has 3 aliphatic heterocycles. The van der Waals surface area contributed by atoms with Crippen molar-refractivity contribution < 1.29 is 33.4 Å². The molecule has 4 atom stereocenters. The fourth-order valence-corrected chi connectivity index (χ4v) is 8.49. The Morgan fingerprint density at radius 3 is 2.44 bits per heavy atom. The second-order valence-electron chi connectivity index (χ2n) is 13.3. The van der Waals surface area contributed by atoms with Crippen LogP contribution in [-0.2, 0) is 20.7 Å². The minimum atomic E-state index is -0.694. The van der Waals surface area contributed by atoms with E-state index in [0.29, 0.717) is 80.2 Å². The Morgan fingerprint density at radius 1 is 0.960 bits per heavy atom. The Bertz CT molecular complexity index is 1750. The van der Waals surface area contributed by atoms with Crippen LogP contribution in [0.1, 0.15) is 79.7 Å². The maximum absolute atomic E-state index is 14.7. The Hall–Kier alpha value is -4.62. The molecule has 5 amide bonds. The monoisotopic (exact) mass is 699 g/mol. The molecule has 3 aromatic rings. The first kappa shape index (κ1) is 33.9. The maximum Gasteiger partial charge on any atom is 0.265 e. The first-order valence-corrected chi connectivity index (χ1v) is 18.2. The van der Waals surface area contributed by atoms with Crippen molar-refractivity contribution in [3.63, 3.8) is 0 Å². The number of amides is 5. The molecule has 262 valence electrons. The van der Waals surface area contributed by atoms with Gasteiger partial charge in [-0.25, -0.2) is 0 Å². The molecule has 13 heteroatoms. The molecule has 12 nitrogen and oxygen atoms in total. The van der Waals surface area contributed by atoms with Crippen LogP contribution in [0, 0.1) is 11.8 Å². The standard InChI is InChI=1S/C37H41N5O7S/c1-48-18-15-39-33(43)25-8-2-3-9-26(25)34(44)41-17-13-23-7-6-12-30(49-24-14-16-40(20-24)37(47)31-19-38-22-50-31)32(23)29(41)21-42-35(45)27-10-4-5-11-28(27)36(42)46/h4-7,10-12,19,22,24-26,29H,2-3,8-9,13-18,20-21H2,1H3,(H,39,43)/t24?,25?,26?,29-/m1/s1. The number of carbonyl (C=O) groups excluding carboxylic acids is 5. The van der Waals surface area contributed by atoms with E-state index in [1.54, 1.807) is 52.9 Å². The van der Waals surface area contributed by atoms with Gasteiger partial charge in [0, 0.05) is 50.6 Å². The smallest absolute Gasteiger partial charge is 0.265 e. The predicted octanol–water partition coefficient (Wildman–Crippen LogP) is 3.73.